The average Bonchev–Trinajstić information content (AvgIpc) is 2.51. The topological polar surface area (TPSA) is 56.1 Å². The number of hydrogen-bond acceptors (Lipinski definition) is 3. The van der Waals surface area contributed by atoms with Crippen LogP contribution >= 0.6 is 11.6 Å². The van der Waals surface area contributed by atoms with E-state index >= 15 is 0 Å². The molecule has 0 aromatic heterocycles. The van der Waals surface area contributed by atoms with E-state index in [1.807, 2.05) is 32.9 Å². The summed E-state index contributed by atoms with van der Waals surface area (Å²) in [7, 11) is 0. The first kappa shape index (κ1) is 17.6. The molecular weight excluding hydrogens is 310 g/mol. The van der Waals surface area contributed by atoms with Gasteiger partial charge in [-0.1, -0.05) is 32.4 Å². The van der Waals surface area contributed by atoms with Gasteiger partial charge in [0.25, 0.3) is 0 Å². The predicted molar refractivity (Wildman–Crippen MR) is 93.6 cm³/mol. The number of nitrogens with one attached hydrogen (secondary N) is 1. The lowest BCUT2D eigenvalue weighted by Crippen LogP contribution is -2.43. The van der Waals surface area contributed by atoms with E-state index in [9.17, 15) is 10.1 Å². The molecule has 1 fully saturated rings. The standard InChI is InChI=1S/C18H24ClN3O/c1-18(2,3)17(23)21-11-13-5-4-8-22(12-13)16-7-6-15(19)9-14(16)10-20/h6-7,9,13H,4-5,8,11-12H2,1-3H3,(H,21,23). The van der Waals surface area contributed by atoms with E-state index in [4.69, 9.17) is 11.6 Å². The SMILES string of the molecule is CC(C)(C)C(=O)NCC1CCCN(c2ccc(Cl)cc2C#N)C1. The molecule has 0 aliphatic carbocycles. The minimum atomic E-state index is -0.363. The number of amides is 1. The summed E-state index contributed by atoms with van der Waals surface area (Å²) in [6.07, 6.45) is 2.15. The minimum Gasteiger partial charge on any atom is -0.370 e. The summed E-state index contributed by atoms with van der Waals surface area (Å²) >= 11 is 5.97. The van der Waals surface area contributed by atoms with Crippen molar-refractivity contribution in [3.63, 3.8) is 0 Å². The van der Waals surface area contributed by atoms with Gasteiger partial charge in [-0.25, -0.2) is 0 Å². The number of anilines is 1. The minimum absolute atomic E-state index is 0.0823. The van der Waals surface area contributed by atoms with E-state index in [1.165, 1.54) is 0 Å². The highest BCUT2D eigenvalue weighted by Crippen LogP contribution is 2.28. The van der Waals surface area contributed by atoms with Crippen LogP contribution in [0.2, 0.25) is 5.02 Å². The van der Waals surface area contributed by atoms with Crippen molar-refractivity contribution in [2.45, 2.75) is 33.6 Å². The second-order valence-electron chi connectivity index (χ2n) is 7.19. The third kappa shape index (κ3) is 4.62. The highest BCUT2D eigenvalue weighted by atomic mass is 35.5. The smallest absolute Gasteiger partial charge is 0.225 e. The molecule has 1 heterocycles. The third-order valence-electron chi connectivity index (χ3n) is 4.17. The predicted octanol–water partition coefficient (Wildman–Crippen LogP) is 3.59. The van der Waals surface area contributed by atoms with Crippen LogP contribution in [0.5, 0.6) is 0 Å². The van der Waals surface area contributed by atoms with Crippen molar-refractivity contribution in [1.82, 2.24) is 5.32 Å². The van der Waals surface area contributed by atoms with Crippen molar-refractivity contribution in [1.29, 1.82) is 5.26 Å². The monoisotopic (exact) mass is 333 g/mol. The number of benzene rings is 1. The first-order chi connectivity index (χ1) is 10.8. The highest BCUT2D eigenvalue weighted by Gasteiger charge is 2.25. The molecule has 0 saturated carbocycles. The van der Waals surface area contributed by atoms with Crippen molar-refractivity contribution in [2.24, 2.45) is 11.3 Å². The van der Waals surface area contributed by atoms with Gasteiger partial charge in [-0.15, -0.1) is 0 Å². The van der Waals surface area contributed by atoms with Crippen LogP contribution in [0.1, 0.15) is 39.2 Å². The van der Waals surface area contributed by atoms with E-state index in [-0.39, 0.29) is 11.3 Å². The lowest BCUT2D eigenvalue weighted by atomic mass is 9.93. The normalized spacial score (nSPS) is 18.4. The molecule has 4 nitrogen and oxygen atoms in total. The Morgan fingerprint density at radius 1 is 1.48 bits per heavy atom. The third-order valence-corrected chi connectivity index (χ3v) is 4.41. The Morgan fingerprint density at radius 2 is 2.22 bits per heavy atom. The fraction of sp³-hybridized carbons (Fsp3) is 0.556. The number of carbonyl (C=O) groups excluding carboxylic acids is 1. The zero-order chi connectivity index (χ0) is 17.0. The van der Waals surface area contributed by atoms with E-state index < -0.39 is 0 Å². The summed E-state index contributed by atoms with van der Waals surface area (Å²) in [4.78, 5) is 14.2. The molecule has 1 amide bonds. The van der Waals surface area contributed by atoms with Crippen LogP contribution in [0.3, 0.4) is 0 Å². The molecule has 124 valence electrons. The van der Waals surface area contributed by atoms with Crippen molar-refractivity contribution in [3.8, 4) is 6.07 Å². The molecule has 23 heavy (non-hydrogen) atoms. The second kappa shape index (κ2) is 7.23. The van der Waals surface area contributed by atoms with E-state index in [0.717, 1.165) is 31.6 Å². The van der Waals surface area contributed by atoms with Crippen molar-refractivity contribution < 1.29 is 4.79 Å². The zero-order valence-electron chi connectivity index (χ0n) is 14.0. The summed E-state index contributed by atoms with van der Waals surface area (Å²) in [6.45, 7) is 8.22. The summed E-state index contributed by atoms with van der Waals surface area (Å²) in [5.41, 5.74) is 1.18. The molecule has 2 rings (SSSR count). The summed E-state index contributed by atoms with van der Waals surface area (Å²) in [6, 6.07) is 7.67. The van der Waals surface area contributed by atoms with Crippen LogP contribution in [0, 0.1) is 22.7 Å². The van der Waals surface area contributed by atoms with Crippen LogP contribution in [0.15, 0.2) is 18.2 Å². The van der Waals surface area contributed by atoms with Gasteiger partial charge in [0, 0.05) is 30.1 Å². The Kier molecular flexibility index (Phi) is 5.54. The molecule has 1 aromatic rings. The first-order valence-electron chi connectivity index (χ1n) is 8.04. The van der Waals surface area contributed by atoms with Crippen molar-refractivity contribution in [2.75, 3.05) is 24.5 Å². The zero-order valence-corrected chi connectivity index (χ0v) is 14.8. The molecule has 1 aliphatic heterocycles. The number of carbonyl (C=O) groups is 1. The largest absolute Gasteiger partial charge is 0.370 e. The van der Waals surface area contributed by atoms with Crippen molar-refractivity contribution >= 4 is 23.2 Å². The molecule has 1 aromatic carbocycles. The maximum Gasteiger partial charge on any atom is 0.225 e. The molecule has 0 bridgehead atoms. The van der Waals surface area contributed by atoms with Crippen LogP contribution < -0.4 is 10.2 Å². The Balaban J connectivity index is 2.02. The number of nitriles is 1. The number of piperidine rings is 1. The first-order valence-corrected chi connectivity index (χ1v) is 8.42. The molecule has 5 heteroatoms. The van der Waals surface area contributed by atoms with Gasteiger partial charge in [-0.05, 0) is 37.0 Å². The molecule has 1 atom stereocenters. The number of nitrogens with zero attached hydrogens (tertiary/aromatic N) is 2. The van der Waals surface area contributed by atoms with Gasteiger partial charge in [0.2, 0.25) is 5.91 Å². The van der Waals surface area contributed by atoms with E-state index in [2.05, 4.69) is 16.3 Å². The molecule has 1 aliphatic rings. The van der Waals surface area contributed by atoms with Crippen molar-refractivity contribution in [3.05, 3.63) is 28.8 Å². The van der Waals surface area contributed by atoms with E-state index in [0.29, 0.717) is 23.0 Å². The van der Waals surface area contributed by atoms with Gasteiger partial charge >= 0.3 is 0 Å². The summed E-state index contributed by atoms with van der Waals surface area (Å²) in [5.74, 6) is 0.483. The number of rotatable bonds is 3. The van der Waals surface area contributed by atoms with Gasteiger partial charge < -0.3 is 10.2 Å². The van der Waals surface area contributed by atoms with Crippen LogP contribution in [-0.2, 0) is 4.79 Å². The molecule has 1 unspecified atom stereocenters. The molecular formula is C18H24ClN3O. The molecule has 0 spiro atoms. The molecule has 1 N–H and O–H groups in total. The molecule has 0 radical (unpaired) electrons. The van der Waals surface area contributed by atoms with Gasteiger partial charge in [-0.3, -0.25) is 4.79 Å². The van der Waals surface area contributed by atoms with Gasteiger partial charge in [0.15, 0.2) is 0 Å². The fourth-order valence-electron chi connectivity index (χ4n) is 2.83. The highest BCUT2D eigenvalue weighted by molar-refractivity contribution is 6.30. The number of halogens is 1. The van der Waals surface area contributed by atoms with E-state index in [1.54, 1.807) is 6.07 Å². The van der Waals surface area contributed by atoms with Crippen LogP contribution in [0.4, 0.5) is 5.69 Å². The maximum atomic E-state index is 12.0. The van der Waals surface area contributed by atoms with Crippen LogP contribution in [0.25, 0.3) is 0 Å². The fourth-order valence-corrected chi connectivity index (χ4v) is 3.00. The summed E-state index contributed by atoms with van der Waals surface area (Å²) < 4.78 is 0. The average molecular weight is 334 g/mol. The van der Waals surface area contributed by atoms with Gasteiger partial charge in [-0.2, -0.15) is 5.26 Å². The van der Waals surface area contributed by atoms with Crippen LogP contribution in [-0.4, -0.2) is 25.5 Å². The Labute approximate surface area is 143 Å². The second-order valence-corrected chi connectivity index (χ2v) is 7.62. The number of hydrogen-bond donors (Lipinski definition) is 1. The lowest BCUT2D eigenvalue weighted by molar-refractivity contribution is -0.128. The Hall–Kier alpha value is -1.73. The Morgan fingerprint density at radius 3 is 2.87 bits per heavy atom. The quantitative estimate of drug-likeness (QED) is 0.919. The lowest BCUT2D eigenvalue weighted by Gasteiger charge is -2.35. The molecule has 1 saturated heterocycles. The Bertz CT molecular complexity index is 616. The maximum absolute atomic E-state index is 12.0. The van der Waals surface area contributed by atoms with Gasteiger partial charge in [0.1, 0.15) is 6.07 Å². The van der Waals surface area contributed by atoms with Gasteiger partial charge in [0.05, 0.1) is 11.3 Å². The summed E-state index contributed by atoms with van der Waals surface area (Å²) in [5, 5.41) is 12.9.